The molecule has 1 heterocycles. The number of halogens is 1. The predicted octanol–water partition coefficient (Wildman–Crippen LogP) is 5.66. The zero-order chi connectivity index (χ0) is 18.4. The summed E-state index contributed by atoms with van der Waals surface area (Å²) in [5.41, 5.74) is 2.81. The van der Waals surface area contributed by atoms with Gasteiger partial charge in [0.25, 0.3) is 0 Å². The van der Waals surface area contributed by atoms with Crippen molar-refractivity contribution in [3.05, 3.63) is 76.3 Å². The summed E-state index contributed by atoms with van der Waals surface area (Å²) in [6.07, 6.45) is 2.19. The molecule has 0 fully saturated rings. The molecule has 26 heavy (non-hydrogen) atoms. The zero-order valence-electron chi connectivity index (χ0n) is 14.6. The first-order valence-electron chi connectivity index (χ1n) is 8.71. The highest BCUT2D eigenvalue weighted by atomic mass is 35.5. The number of carbonyl (C=O) groups excluding carboxylic acids is 1. The molecule has 0 bridgehead atoms. The van der Waals surface area contributed by atoms with Gasteiger partial charge >= 0.3 is 0 Å². The van der Waals surface area contributed by atoms with Crippen molar-refractivity contribution in [1.82, 2.24) is 10.3 Å². The van der Waals surface area contributed by atoms with E-state index in [0.717, 1.165) is 34.7 Å². The highest BCUT2D eigenvalue weighted by molar-refractivity contribution is 7.13. The second-order valence-electron chi connectivity index (χ2n) is 6.12. The molecule has 0 saturated heterocycles. The largest absolute Gasteiger partial charge is 0.349 e. The number of rotatable bonds is 7. The van der Waals surface area contributed by atoms with E-state index in [9.17, 15) is 4.79 Å². The predicted molar refractivity (Wildman–Crippen MR) is 108 cm³/mol. The summed E-state index contributed by atoms with van der Waals surface area (Å²) in [6, 6.07) is 17.8. The maximum atomic E-state index is 12.5. The average Bonchev–Trinajstić information content (AvgIpc) is 3.10. The molecule has 5 heteroatoms. The molecule has 0 spiro atoms. The fraction of sp³-hybridized carbons (Fsp3) is 0.238. The lowest BCUT2D eigenvalue weighted by Gasteiger charge is -2.18. The fourth-order valence-corrected chi connectivity index (χ4v) is 3.99. The Bertz CT molecular complexity index is 863. The standard InChI is InChI=1S/C21H21ClN2OS/c1-2-8-19(15-9-4-3-5-10-15)24-20(25)13-16-14-26-21(23-16)17-11-6-7-12-18(17)22/h3-7,9-12,14,19H,2,8,13H2,1H3,(H,24,25). The van der Waals surface area contributed by atoms with Crippen molar-refractivity contribution in [3.63, 3.8) is 0 Å². The van der Waals surface area contributed by atoms with Gasteiger partial charge in [-0.05, 0) is 18.1 Å². The summed E-state index contributed by atoms with van der Waals surface area (Å²) in [4.78, 5) is 17.1. The van der Waals surface area contributed by atoms with Crippen molar-refractivity contribution < 1.29 is 4.79 Å². The third-order valence-electron chi connectivity index (χ3n) is 4.11. The maximum Gasteiger partial charge on any atom is 0.226 e. The van der Waals surface area contributed by atoms with Crippen LogP contribution in [0.25, 0.3) is 10.6 Å². The lowest BCUT2D eigenvalue weighted by Crippen LogP contribution is -2.29. The molecule has 0 radical (unpaired) electrons. The molecular formula is C21H21ClN2OS. The third kappa shape index (κ3) is 4.71. The van der Waals surface area contributed by atoms with Crippen LogP contribution in [0.5, 0.6) is 0 Å². The summed E-state index contributed by atoms with van der Waals surface area (Å²) < 4.78 is 0. The van der Waals surface area contributed by atoms with Gasteiger partial charge in [-0.15, -0.1) is 11.3 Å². The van der Waals surface area contributed by atoms with Crippen LogP contribution in [-0.4, -0.2) is 10.9 Å². The highest BCUT2D eigenvalue weighted by Crippen LogP contribution is 2.30. The van der Waals surface area contributed by atoms with Crippen LogP contribution in [0.3, 0.4) is 0 Å². The van der Waals surface area contributed by atoms with Gasteiger partial charge in [0, 0.05) is 10.9 Å². The van der Waals surface area contributed by atoms with Gasteiger partial charge in [0.2, 0.25) is 5.91 Å². The lowest BCUT2D eigenvalue weighted by atomic mass is 10.0. The third-order valence-corrected chi connectivity index (χ3v) is 5.37. The number of hydrogen-bond donors (Lipinski definition) is 1. The minimum absolute atomic E-state index is 0.0108. The first-order valence-corrected chi connectivity index (χ1v) is 9.96. The van der Waals surface area contributed by atoms with Gasteiger partial charge in [0.15, 0.2) is 0 Å². The molecule has 0 saturated carbocycles. The minimum atomic E-state index is -0.0108. The van der Waals surface area contributed by atoms with E-state index < -0.39 is 0 Å². The molecule has 1 unspecified atom stereocenters. The Labute approximate surface area is 163 Å². The second-order valence-corrected chi connectivity index (χ2v) is 7.39. The van der Waals surface area contributed by atoms with E-state index in [1.54, 1.807) is 0 Å². The molecule has 3 nitrogen and oxygen atoms in total. The maximum absolute atomic E-state index is 12.5. The normalized spacial score (nSPS) is 11.9. The quantitative estimate of drug-likeness (QED) is 0.570. The second kappa shape index (κ2) is 8.97. The molecular weight excluding hydrogens is 364 g/mol. The van der Waals surface area contributed by atoms with Crippen molar-refractivity contribution >= 4 is 28.8 Å². The average molecular weight is 385 g/mol. The number of amides is 1. The van der Waals surface area contributed by atoms with Crippen LogP contribution < -0.4 is 5.32 Å². The Balaban J connectivity index is 1.67. The fourth-order valence-electron chi connectivity index (χ4n) is 2.85. The smallest absolute Gasteiger partial charge is 0.226 e. The first-order chi connectivity index (χ1) is 12.7. The molecule has 0 aliphatic rings. The van der Waals surface area contributed by atoms with Crippen LogP contribution in [0, 0.1) is 0 Å². The Morgan fingerprint density at radius 1 is 1.15 bits per heavy atom. The number of nitrogens with one attached hydrogen (secondary N) is 1. The van der Waals surface area contributed by atoms with Crippen LogP contribution in [0.1, 0.15) is 37.1 Å². The number of aromatic nitrogens is 1. The van der Waals surface area contributed by atoms with E-state index >= 15 is 0 Å². The van der Waals surface area contributed by atoms with Gasteiger partial charge in [0.1, 0.15) is 5.01 Å². The van der Waals surface area contributed by atoms with Gasteiger partial charge in [0.05, 0.1) is 23.2 Å². The minimum Gasteiger partial charge on any atom is -0.349 e. The molecule has 0 aliphatic carbocycles. The van der Waals surface area contributed by atoms with Crippen LogP contribution in [0.4, 0.5) is 0 Å². The molecule has 2 aromatic carbocycles. The van der Waals surface area contributed by atoms with Crippen LogP contribution >= 0.6 is 22.9 Å². The van der Waals surface area contributed by atoms with Crippen molar-refractivity contribution in [1.29, 1.82) is 0 Å². The Morgan fingerprint density at radius 2 is 1.88 bits per heavy atom. The van der Waals surface area contributed by atoms with Gasteiger partial charge in [-0.2, -0.15) is 0 Å². The summed E-state index contributed by atoms with van der Waals surface area (Å²) >= 11 is 7.74. The SMILES string of the molecule is CCCC(NC(=O)Cc1csc(-c2ccccc2Cl)n1)c1ccccc1. The highest BCUT2D eigenvalue weighted by Gasteiger charge is 2.16. The Kier molecular flexibility index (Phi) is 6.42. The summed E-state index contributed by atoms with van der Waals surface area (Å²) in [7, 11) is 0. The van der Waals surface area contributed by atoms with Gasteiger partial charge < -0.3 is 5.32 Å². The van der Waals surface area contributed by atoms with E-state index in [4.69, 9.17) is 11.6 Å². The number of carbonyl (C=O) groups is 1. The Hall–Kier alpha value is -2.17. The first kappa shape index (κ1) is 18.6. The van der Waals surface area contributed by atoms with E-state index in [2.05, 4.69) is 29.4 Å². The van der Waals surface area contributed by atoms with Gasteiger partial charge in [-0.25, -0.2) is 4.98 Å². The summed E-state index contributed by atoms with van der Waals surface area (Å²) in [5, 5.41) is 6.58. The van der Waals surface area contributed by atoms with E-state index in [-0.39, 0.29) is 18.4 Å². The molecule has 1 amide bonds. The summed E-state index contributed by atoms with van der Waals surface area (Å²) in [5.74, 6) is -0.0108. The van der Waals surface area contributed by atoms with Crippen LogP contribution in [-0.2, 0) is 11.2 Å². The molecule has 3 rings (SSSR count). The molecule has 3 aromatic rings. The number of hydrogen-bond acceptors (Lipinski definition) is 3. The van der Waals surface area contributed by atoms with Crippen molar-refractivity contribution in [2.24, 2.45) is 0 Å². The number of thiazole rings is 1. The van der Waals surface area contributed by atoms with Gasteiger partial charge in [-0.1, -0.05) is 73.5 Å². The molecule has 1 aromatic heterocycles. The van der Waals surface area contributed by atoms with Crippen molar-refractivity contribution in [3.8, 4) is 10.6 Å². The van der Waals surface area contributed by atoms with E-state index in [1.807, 2.05) is 47.8 Å². The topological polar surface area (TPSA) is 42.0 Å². The molecule has 0 aliphatic heterocycles. The molecule has 1 N–H and O–H groups in total. The van der Waals surface area contributed by atoms with Crippen molar-refractivity contribution in [2.75, 3.05) is 0 Å². The zero-order valence-corrected chi connectivity index (χ0v) is 16.2. The Morgan fingerprint density at radius 3 is 2.62 bits per heavy atom. The van der Waals surface area contributed by atoms with E-state index in [1.165, 1.54) is 11.3 Å². The van der Waals surface area contributed by atoms with Gasteiger partial charge in [-0.3, -0.25) is 4.79 Å². The van der Waals surface area contributed by atoms with Crippen molar-refractivity contribution in [2.45, 2.75) is 32.2 Å². The molecule has 134 valence electrons. The number of nitrogens with zero attached hydrogens (tertiary/aromatic N) is 1. The van der Waals surface area contributed by atoms with Crippen LogP contribution in [0.15, 0.2) is 60.0 Å². The number of benzene rings is 2. The summed E-state index contributed by atoms with van der Waals surface area (Å²) in [6.45, 7) is 2.12. The van der Waals surface area contributed by atoms with E-state index in [0.29, 0.717) is 5.02 Å². The lowest BCUT2D eigenvalue weighted by molar-refractivity contribution is -0.121. The molecule has 1 atom stereocenters. The monoisotopic (exact) mass is 384 g/mol. The van der Waals surface area contributed by atoms with Crippen LogP contribution in [0.2, 0.25) is 5.02 Å².